The molecule has 2 aromatic rings. The van der Waals surface area contributed by atoms with E-state index in [0.29, 0.717) is 24.6 Å². The van der Waals surface area contributed by atoms with Crippen molar-refractivity contribution in [3.63, 3.8) is 0 Å². The van der Waals surface area contributed by atoms with Gasteiger partial charge in [-0.3, -0.25) is 4.79 Å². The van der Waals surface area contributed by atoms with Crippen LogP contribution in [0.4, 0.5) is 5.69 Å². The van der Waals surface area contributed by atoms with Gasteiger partial charge in [0.1, 0.15) is 12.4 Å². The second kappa shape index (κ2) is 5.26. The van der Waals surface area contributed by atoms with Gasteiger partial charge in [0, 0.05) is 0 Å². The summed E-state index contributed by atoms with van der Waals surface area (Å²) in [6, 6.07) is 8.74. The highest BCUT2D eigenvalue weighted by Gasteiger charge is 2.26. The van der Waals surface area contributed by atoms with Gasteiger partial charge in [0.25, 0.3) is 5.91 Å². The monoisotopic (exact) mass is 309 g/mol. The number of rotatable bonds is 1. The minimum atomic E-state index is -0.275. The van der Waals surface area contributed by atoms with Crippen molar-refractivity contribution in [3.8, 4) is 5.75 Å². The molecule has 1 amide bonds. The third-order valence-electron chi connectivity index (χ3n) is 2.92. The van der Waals surface area contributed by atoms with Gasteiger partial charge in [-0.1, -0.05) is 35.3 Å². The molecule has 1 aromatic heterocycles. The summed E-state index contributed by atoms with van der Waals surface area (Å²) in [5.74, 6) is 0.388. The van der Waals surface area contributed by atoms with E-state index in [-0.39, 0.29) is 21.8 Å². The molecule has 102 valence electrons. The topological polar surface area (TPSA) is 55.3 Å². The fourth-order valence-electron chi connectivity index (χ4n) is 2.03. The summed E-state index contributed by atoms with van der Waals surface area (Å²) in [4.78, 5) is 14.2. The van der Waals surface area contributed by atoms with Gasteiger partial charge >= 0.3 is 0 Å². The molecular weight excluding hydrogens is 301 g/mol. The molecule has 1 aliphatic rings. The number of para-hydroxylation sites is 2. The molecule has 1 aromatic carbocycles. The molecule has 0 N–H and O–H groups in total. The molecule has 0 bridgehead atoms. The van der Waals surface area contributed by atoms with E-state index in [2.05, 4.69) is 10.2 Å². The molecule has 0 fully saturated rings. The number of benzene rings is 1. The molecule has 2 heterocycles. The first-order valence-corrected chi connectivity index (χ1v) is 6.65. The average molecular weight is 310 g/mol. The first kappa shape index (κ1) is 13.1. The van der Waals surface area contributed by atoms with Gasteiger partial charge in [-0.15, -0.1) is 10.2 Å². The Morgan fingerprint density at radius 3 is 2.90 bits per heavy atom. The summed E-state index contributed by atoms with van der Waals surface area (Å²) >= 11 is 11.7. The van der Waals surface area contributed by atoms with Crippen LogP contribution in [-0.4, -0.2) is 29.3 Å². The summed E-state index contributed by atoms with van der Waals surface area (Å²) in [5.41, 5.74) is 0.927. The Labute approximate surface area is 125 Å². The Kier molecular flexibility index (Phi) is 3.46. The molecule has 1 aliphatic heterocycles. The number of ether oxygens (including phenoxy) is 1. The predicted molar refractivity (Wildman–Crippen MR) is 75.7 cm³/mol. The van der Waals surface area contributed by atoms with E-state index < -0.39 is 0 Å². The summed E-state index contributed by atoms with van der Waals surface area (Å²) < 4.78 is 5.51. The van der Waals surface area contributed by atoms with Crippen LogP contribution in [0.5, 0.6) is 5.75 Å². The molecule has 0 spiro atoms. The minimum absolute atomic E-state index is 0.0309. The standard InChI is InChI=1S/C13H9Cl2N3O2/c14-11-7-8(12(15)17-16-11)13(19)18-5-6-20-10-4-2-1-3-9(10)18/h1-4,7H,5-6H2. The zero-order valence-corrected chi connectivity index (χ0v) is 11.7. The third kappa shape index (κ3) is 2.30. The van der Waals surface area contributed by atoms with Crippen molar-refractivity contribution < 1.29 is 9.53 Å². The van der Waals surface area contributed by atoms with Crippen LogP contribution in [-0.2, 0) is 0 Å². The number of halogens is 2. The molecule has 0 aliphatic carbocycles. The smallest absolute Gasteiger partial charge is 0.261 e. The van der Waals surface area contributed by atoms with Crippen LogP contribution in [0.25, 0.3) is 0 Å². The summed E-state index contributed by atoms with van der Waals surface area (Å²) in [7, 11) is 0. The maximum atomic E-state index is 12.6. The highest BCUT2D eigenvalue weighted by Crippen LogP contribution is 2.32. The molecule has 5 nitrogen and oxygen atoms in total. The van der Waals surface area contributed by atoms with Crippen LogP contribution in [0.3, 0.4) is 0 Å². The molecule has 0 saturated carbocycles. The Morgan fingerprint density at radius 1 is 1.25 bits per heavy atom. The second-order valence-corrected chi connectivity index (χ2v) is 4.89. The normalized spacial score (nSPS) is 13.6. The van der Waals surface area contributed by atoms with E-state index in [1.807, 2.05) is 24.3 Å². The molecule has 7 heteroatoms. The molecule has 0 atom stereocenters. The van der Waals surface area contributed by atoms with Crippen LogP contribution in [0.15, 0.2) is 30.3 Å². The molecule has 20 heavy (non-hydrogen) atoms. The SMILES string of the molecule is O=C(c1cc(Cl)nnc1Cl)N1CCOc2ccccc21. The lowest BCUT2D eigenvalue weighted by atomic mass is 10.2. The molecular formula is C13H9Cl2N3O2. The van der Waals surface area contributed by atoms with Crippen molar-refractivity contribution in [3.05, 3.63) is 46.2 Å². The fourth-order valence-corrected chi connectivity index (χ4v) is 2.35. The lowest BCUT2D eigenvalue weighted by Crippen LogP contribution is -2.38. The Bertz CT molecular complexity index is 678. The van der Waals surface area contributed by atoms with Crippen LogP contribution in [0.2, 0.25) is 10.3 Å². The van der Waals surface area contributed by atoms with Crippen LogP contribution in [0, 0.1) is 0 Å². The zero-order valence-electron chi connectivity index (χ0n) is 10.2. The molecule has 0 saturated heterocycles. The van der Waals surface area contributed by atoms with Gasteiger partial charge < -0.3 is 9.64 Å². The zero-order chi connectivity index (χ0) is 14.1. The average Bonchev–Trinajstić information content (AvgIpc) is 2.48. The number of anilines is 1. The first-order chi connectivity index (χ1) is 9.66. The van der Waals surface area contributed by atoms with E-state index in [1.165, 1.54) is 6.07 Å². The Morgan fingerprint density at radius 2 is 2.05 bits per heavy atom. The number of hydrogen-bond donors (Lipinski definition) is 0. The van der Waals surface area contributed by atoms with Gasteiger partial charge in [0.05, 0.1) is 17.8 Å². The highest BCUT2D eigenvalue weighted by atomic mass is 35.5. The Balaban J connectivity index is 2.02. The first-order valence-electron chi connectivity index (χ1n) is 5.89. The lowest BCUT2D eigenvalue weighted by Gasteiger charge is -2.29. The Hall–Kier alpha value is -1.85. The van der Waals surface area contributed by atoms with Crippen molar-refractivity contribution in [2.45, 2.75) is 0 Å². The summed E-state index contributed by atoms with van der Waals surface area (Å²) in [6.45, 7) is 0.860. The maximum Gasteiger partial charge on any atom is 0.261 e. The molecule has 0 radical (unpaired) electrons. The van der Waals surface area contributed by atoms with Crippen molar-refractivity contribution in [1.29, 1.82) is 0 Å². The summed E-state index contributed by atoms with van der Waals surface area (Å²) in [5, 5.41) is 7.41. The number of nitrogens with zero attached hydrogens (tertiary/aromatic N) is 3. The van der Waals surface area contributed by atoms with Crippen molar-refractivity contribution >= 4 is 34.8 Å². The van der Waals surface area contributed by atoms with E-state index >= 15 is 0 Å². The van der Waals surface area contributed by atoms with E-state index in [9.17, 15) is 4.79 Å². The van der Waals surface area contributed by atoms with Gasteiger partial charge in [-0.2, -0.15) is 0 Å². The van der Waals surface area contributed by atoms with Crippen molar-refractivity contribution in [2.24, 2.45) is 0 Å². The number of amides is 1. The van der Waals surface area contributed by atoms with Crippen molar-refractivity contribution in [1.82, 2.24) is 10.2 Å². The molecule has 3 rings (SSSR count). The quantitative estimate of drug-likeness (QED) is 0.813. The summed E-state index contributed by atoms with van der Waals surface area (Å²) in [6.07, 6.45) is 0. The van der Waals surface area contributed by atoms with Gasteiger partial charge in [-0.25, -0.2) is 0 Å². The van der Waals surface area contributed by atoms with E-state index in [0.717, 1.165) is 0 Å². The predicted octanol–water partition coefficient (Wildman–Crippen LogP) is 2.82. The largest absolute Gasteiger partial charge is 0.490 e. The van der Waals surface area contributed by atoms with E-state index in [4.69, 9.17) is 27.9 Å². The second-order valence-electron chi connectivity index (χ2n) is 4.14. The van der Waals surface area contributed by atoms with E-state index in [1.54, 1.807) is 4.90 Å². The number of aromatic nitrogens is 2. The van der Waals surface area contributed by atoms with Crippen LogP contribution < -0.4 is 9.64 Å². The fraction of sp³-hybridized carbons (Fsp3) is 0.154. The molecule has 0 unspecified atom stereocenters. The lowest BCUT2D eigenvalue weighted by molar-refractivity contribution is 0.0976. The highest BCUT2D eigenvalue weighted by molar-refractivity contribution is 6.34. The van der Waals surface area contributed by atoms with Gasteiger partial charge in [0.2, 0.25) is 0 Å². The number of hydrogen-bond acceptors (Lipinski definition) is 4. The number of carbonyl (C=O) groups is 1. The van der Waals surface area contributed by atoms with Gasteiger partial charge in [-0.05, 0) is 18.2 Å². The van der Waals surface area contributed by atoms with Crippen molar-refractivity contribution in [2.75, 3.05) is 18.1 Å². The number of fused-ring (bicyclic) bond motifs is 1. The number of carbonyl (C=O) groups excluding carboxylic acids is 1. The van der Waals surface area contributed by atoms with Crippen LogP contribution >= 0.6 is 23.2 Å². The minimum Gasteiger partial charge on any atom is -0.490 e. The van der Waals surface area contributed by atoms with Crippen LogP contribution in [0.1, 0.15) is 10.4 Å². The third-order valence-corrected chi connectivity index (χ3v) is 3.39. The maximum absolute atomic E-state index is 12.6. The van der Waals surface area contributed by atoms with Gasteiger partial charge in [0.15, 0.2) is 10.3 Å².